The normalized spacial score (nSPS) is 12.3. The fourth-order valence-corrected chi connectivity index (χ4v) is 5.77. The minimum absolute atomic E-state index is 0.129. The summed E-state index contributed by atoms with van der Waals surface area (Å²) in [5.74, 6) is 0. The maximum atomic E-state index is 2.38. The van der Waals surface area contributed by atoms with E-state index in [1.165, 1.54) is 70.9 Å². The van der Waals surface area contributed by atoms with Crippen LogP contribution in [0.15, 0.2) is 115 Å². The molecule has 0 fully saturated rings. The molecule has 36 heavy (non-hydrogen) atoms. The maximum absolute atomic E-state index is 2.38. The van der Waals surface area contributed by atoms with Crippen LogP contribution in [0.1, 0.15) is 26.3 Å². The molecule has 0 atom stereocenters. The summed E-state index contributed by atoms with van der Waals surface area (Å²) in [5.41, 5.74) is 6.58. The monoisotopic (exact) mass is 460 g/mol. The van der Waals surface area contributed by atoms with E-state index in [9.17, 15) is 0 Å². The molecule has 0 aliphatic heterocycles. The summed E-state index contributed by atoms with van der Waals surface area (Å²) in [5, 5.41) is 10.6. The van der Waals surface area contributed by atoms with E-state index >= 15 is 0 Å². The van der Waals surface area contributed by atoms with Crippen LogP contribution in [-0.4, -0.2) is 0 Å². The second-order valence-corrected chi connectivity index (χ2v) is 11.1. The van der Waals surface area contributed by atoms with Crippen LogP contribution in [0.25, 0.3) is 65.3 Å². The molecular formula is C36H28. The minimum atomic E-state index is 0.129. The molecule has 0 aliphatic rings. The molecule has 0 spiro atoms. The smallest absolute Gasteiger partial charge is 0.00264 e. The lowest BCUT2D eigenvalue weighted by molar-refractivity contribution is 0.591. The van der Waals surface area contributed by atoms with E-state index < -0.39 is 0 Å². The van der Waals surface area contributed by atoms with Gasteiger partial charge in [-0.05, 0) is 94.5 Å². The lowest BCUT2D eigenvalue weighted by atomic mass is 9.83. The van der Waals surface area contributed by atoms with Gasteiger partial charge in [-0.1, -0.05) is 118 Å². The Bertz CT molecular complexity index is 1850. The first-order valence-corrected chi connectivity index (χ1v) is 12.8. The van der Waals surface area contributed by atoms with Crippen LogP contribution >= 0.6 is 0 Å². The molecule has 0 aliphatic carbocycles. The van der Waals surface area contributed by atoms with Crippen molar-refractivity contribution in [1.29, 1.82) is 0 Å². The third kappa shape index (κ3) is 3.29. The Labute approximate surface area is 212 Å². The summed E-state index contributed by atoms with van der Waals surface area (Å²) in [7, 11) is 0. The molecule has 0 heterocycles. The van der Waals surface area contributed by atoms with Crippen molar-refractivity contribution in [2.75, 3.05) is 0 Å². The topological polar surface area (TPSA) is 0 Å². The molecule has 0 bridgehead atoms. The lowest BCUT2D eigenvalue weighted by Gasteiger charge is -2.21. The Morgan fingerprint density at radius 1 is 0.389 bits per heavy atom. The van der Waals surface area contributed by atoms with E-state index in [2.05, 4.69) is 136 Å². The van der Waals surface area contributed by atoms with Gasteiger partial charge in [0, 0.05) is 0 Å². The van der Waals surface area contributed by atoms with Gasteiger partial charge in [0.1, 0.15) is 0 Å². The molecule has 0 amide bonds. The van der Waals surface area contributed by atoms with Crippen molar-refractivity contribution in [3.05, 3.63) is 121 Å². The number of hydrogen-bond donors (Lipinski definition) is 0. The van der Waals surface area contributed by atoms with Crippen molar-refractivity contribution < 1.29 is 0 Å². The molecule has 0 radical (unpaired) electrons. The quantitative estimate of drug-likeness (QED) is 0.225. The molecule has 0 saturated carbocycles. The summed E-state index contributed by atoms with van der Waals surface area (Å²) in [6.45, 7) is 6.87. The number of hydrogen-bond acceptors (Lipinski definition) is 0. The van der Waals surface area contributed by atoms with Gasteiger partial charge < -0.3 is 0 Å². The number of benzene rings is 7. The highest BCUT2D eigenvalue weighted by atomic mass is 14.2. The molecule has 0 saturated heterocycles. The zero-order chi connectivity index (χ0) is 24.4. The van der Waals surface area contributed by atoms with E-state index in [-0.39, 0.29) is 5.41 Å². The summed E-state index contributed by atoms with van der Waals surface area (Å²) in [6.07, 6.45) is 0. The highest BCUT2D eigenvalue weighted by molar-refractivity contribution is 6.24. The second-order valence-electron chi connectivity index (χ2n) is 11.1. The fourth-order valence-electron chi connectivity index (χ4n) is 5.77. The Hall–Kier alpha value is -4.16. The van der Waals surface area contributed by atoms with E-state index in [1.54, 1.807) is 0 Å². The Kier molecular flexibility index (Phi) is 4.51. The fraction of sp³-hybridized carbons (Fsp3) is 0.111. The summed E-state index contributed by atoms with van der Waals surface area (Å²) in [4.78, 5) is 0. The molecule has 7 aromatic rings. The third-order valence-corrected chi connectivity index (χ3v) is 7.70. The number of rotatable bonds is 2. The summed E-state index contributed by atoms with van der Waals surface area (Å²) < 4.78 is 0. The van der Waals surface area contributed by atoms with E-state index in [4.69, 9.17) is 0 Å². The second kappa shape index (κ2) is 7.67. The Morgan fingerprint density at radius 3 is 1.42 bits per heavy atom. The van der Waals surface area contributed by atoms with Crippen molar-refractivity contribution in [2.45, 2.75) is 26.2 Å². The zero-order valence-corrected chi connectivity index (χ0v) is 21.0. The van der Waals surface area contributed by atoms with Crippen molar-refractivity contribution in [3.63, 3.8) is 0 Å². The Balaban J connectivity index is 1.45. The molecular weight excluding hydrogens is 432 g/mol. The van der Waals surface area contributed by atoms with Crippen LogP contribution in [0.5, 0.6) is 0 Å². The van der Waals surface area contributed by atoms with Gasteiger partial charge in [-0.2, -0.15) is 0 Å². The predicted octanol–water partition coefficient (Wildman–Crippen LogP) is 10.4. The number of fused-ring (bicyclic) bond motifs is 1. The lowest BCUT2D eigenvalue weighted by Crippen LogP contribution is -2.10. The van der Waals surface area contributed by atoms with Crippen molar-refractivity contribution >= 4 is 43.1 Å². The van der Waals surface area contributed by atoms with E-state index in [0.29, 0.717) is 0 Å². The van der Waals surface area contributed by atoms with Gasteiger partial charge in [-0.25, -0.2) is 0 Å². The van der Waals surface area contributed by atoms with Crippen LogP contribution < -0.4 is 0 Å². The molecule has 0 aromatic heterocycles. The van der Waals surface area contributed by atoms with Gasteiger partial charge in [0.15, 0.2) is 0 Å². The van der Waals surface area contributed by atoms with Gasteiger partial charge in [0.25, 0.3) is 0 Å². The minimum Gasteiger partial charge on any atom is -0.0616 e. The van der Waals surface area contributed by atoms with Gasteiger partial charge in [0.05, 0.1) is 0 Å². The zero-order valence-electron chi connectivity index (χ0n) is 21.0. The predicted molar refractivity (Wildman–Crippen MR) is 157 cm³/mol. The van der Waals surface area contributed by atoms with Gasteiger partial charge in [-0.15, -0.1) is 0 Å². The average Bonchev–Trinajstić information content (AvgIpc) is 2.90. The SMILES string of the molecule is CC(C)(C)c1cc2ccc3cc(-c4ccccc4-c4ccc5ccccc5c4)cc4ccc(c1)c2c34. The first-order chi connectivity index (χ1) is 17.5. The molecule has 0 nitrogen and oxygen atoms in total. The van der Waals surface area contributed by atoms with Gasteiger partial charge >= 0.3 is 0 Å². The van der Waals surface area contributed by atoms with E-state index in [1.807, 2.05) is 0 Å². The molecule has 0 unspecified atom stereocenters. The average molecular weight is 461 g/mol. The van der Waals surface area contributed by atoms with Crippen LogP contribution in [0.3, 0.4) is 0 Å². The van der Waals surface area contributed by atoms with Crippen molar-refractivity contribution in [2.24, 2.45) is 0 Å². The van der Waals surface area contributed by atoms with Crippen LogP contribution in [0.4, 0.5) is 0 Å². The van der Waals surface area contributed by atoms with Crippen LogP contribution in [0, 0.1) is 0 Å². The highest BCUT2D eigenvalue weighted by Crippen LogP contribution is 2.41. The molecule has 172 valence electrons. The maximum Gasteiger partial charge on any atom is -0.00264 e. The first kappa shape index (κ1) is 21.1. The van der Waals surface area contributed by atoms with Crippen LogP contribution in [0.2, 0.25) is 0 Å². The van der Waals surface area contributed by atoms with Crippen LogP contribution in [-0.2, 0) is 5.41 Å². The van der Waals surface area contributed by atoms with Gasteiger partial charge in [-0.3, -0.25) is 0 Å². The molecule has 7 aromatic carbocycles. The largest absolute Gasteiger partial charge is 0.0616 e. The molecule has 0 N–H and O–H groups in total. The summed E-state index contributed by atoms with van der Waals surface area (Å²) >= 11 is 0. The molecule has 0 heteroatoms. The molecule has 7 rings (SSSR count). The van der Waals surface area contributed by atoms with E-state index in [0.717, 1.165) is 0 Å². The third-order valence-electron chi connectivity index (χ3n) is 7.70. The highest BCUT2D eigenvalue weighted by Gasteiger charge is 2.18. The van der Waals surface area contributed by atoms with Crippen molar-refractivity contribution in [3.8, 4) is 22.3 Å². The summed E-state index contributed by atoms with van der Waals surface area (Å²) in [6, 6.07) is 42.9. The van der Waals surface area contributed by atoms with Gasteiger partial charge in [0.2, 0.25) is 0 Å². The Morgan fingerprint density at radius 2 is 0.833 bits per heavy atom. The first-order valence-electron chi connectivity index (χ1n) is 12.8. The standard InChI is InChI=1S/C36H28/c1-36(2,3)31-21-28-16-14-26-19-30(20-27-15-17-29(22-31)35(28)34(26)27)33-11-7-6-10-32(33)25-13-12-23-8-4-5-9-24(23)18-25/h4-22H,1-3H3. The van der Waals surface area contributed by atoms with Crippen molar-refractivity contribution in [1.82, 2.24) is 0 Å².